The average molecular weight is 553 g/mol. The first kappa shape index (κ1) is 29.1. The number of ether oxygens (including phenoxy) is 2. The second-order valence-corrected chi connectivity index (χ2v) is 10.9. The Kier molecular flexibility index (Phi) is 9.62. The van der Waals surface area contributed by atoms with Crippen molar-refractivity contribution in [2.24, 2.45) is 5.73 Å². The van der Waals surface area contributed by atoms with Crippen LogP contribution < -0.4 is 5.73 Å². The van der Waals surface area contributed by atoms with Crippen LogP contribution in [0, 0.1) is 0 Å². The molecule has 6 unspecified atom stereocenters. The number of benzene rings is 4. The van der Waals surface area contributed by atoms with E-state index in [0.29, 0.717) is 13.1 Å². The SMILES string of the molecule is CC(C(O)c1ccccc1)N(C)CC1OC(c2ccc(CN)cc2)OC(c2ccc(CO)cc2)C1c1ccccc1. The van der Waals surface area contributed by atoms with Crippen molar-refractivity contribution in [3.05, 3.63) is 143 Å². The van der Waals surface area contributed by atoms with Crippen LogP contribution in [0.1, 0.15) is 64.7 Å². The Morgan fingerprint density at radius 1 is 0.756 bits per heavy atom. The monoisotopic (exact) mass is 552 g/mol. The van der Waals surface area contributed by atoms with E-state index in [1.165, 1.54) is 0 Å². The van der Waals surface area contributed by atoms with Crippen molar-refractivity contribution < 1.29 is 19.7 Å². The molecule has 41 heavy (non-hydrogen) atoms. The van der Waals surface area contributed by atoms with Crippen molar-refractivity contribution in [1.82, 2.24) is 4.90 Å². The maximum absolute atomic E-state index is 11.2. The molecule has 5 rings (SSSR count). The molecule has 214 valence electrons. The molecule has 4 N–H and O–H groups in total. The van der Waals surface area contributed by atoms with E-state index < -0.39 is 12.4 Å². The molecular formula is C35H40N2O4. The molecular weight excluding hydrogens is 512 g/mol. The molecule has 1 aliphatic rings. The highest BCUT2D eigenvalue weighted by Gasteiger charge is 2.42. The second kappa shape index (κ2) is 13.5. The number of aliphatic hydroxyl groups excluding tert-OH is 2. The van der Waals surface area contributed by atoms with E-state index >= 15 is 0 Å². The lowest BCUT2D eigenvalue weighted by Crippen LogP contribution is -2.46. The summed E-state index contributed by atoms with van der Waals surface area (Å²) in [7, 11) is 2.04. The van der Waals surface area contributed by atoms with Crippen molar-refractivity contribution >= 4 is 0 Å². The number of hydrogen-bond acceptors (Lipinski definition) is 6. The minimum Gasteiger partial charge on any atom is -0.392 e. The van der Waals surface area contributed by atoms with E-state index in [0.717, 1.165) is 33.4 Å². The molecule has 0 spiro atoms. The van der Waals surface area contributed by atoms with Crippen LogP contribution in [0.2, 0.25) is 0 Å². The van der Waals surface area contributed by atoms with Crippen LogP contribution in [0.15, 0.2) is 109 Å². The molecule has 1 heterocycles. The molecule has 1 aliphatic heterocycles. The third kappa shape index (κ3) is 6.76. The van der Waals surface area contributed by atoms with E-state index in [9.17, 15) is 10.2 Å². The van der Waals surface area contributed by atoms with Crippen molar-refractivity contribution in [2.75, 3.05) is 13.6 Å². The maximum Gasteiger partial charge on any atom is 0.184 e. The van der Waals surface area contributed by atoms with Gasteiger partial charge in [-0.1, -0.05) is 109 Å². The molecule has 0 radical (unpaired) electrons. The number of nitrogens with two attached hydrogens (primary N) is 1. The molecule has 6 atom stereocenters. The first-order valence-electron chi connectivity index (χ1n) is 14.3. The smallest absolute Gasteiger partial charge is 0.184 e. The fraction of sp³-hybridized carbons (Fsp3) is 0.314. The fourth-order valence-corrected chi connectivity index (χ4v) is 5.60. The van der Waals surface area contributed by atoms with Gasteiger partial charge in [-0.25, -0.2) is 0 Å². The Balaban J connectivity index is 1.51. The molecule has 1 fully saturated rings. The minimum atomic E-state index is -0.641. The zero-order valence-electron chi connectivity index (χ0n) is 23.7. The van der Waals surface area contributed by atoms with Crippen LogP contribution in [-0.2, 0) is 22.6 Å². The Labute approximate surface area is 243 Å². The van der Waals surface area contributed by atoms with Crippen molar-refractivity contribution in [3.8, 4) is 0 Å². The summed E-state index contributed by atoms with van der Waals surface area (Å²) in [6.07, 6.45) is -1.77. The van der Waals surface area contributed by atoms with Gasteiger partial charge in [0.1, 0.15) is 0 Å². The summed E-state index contributed by atoms with van der Waals surface area (Å²) in [6.45, 7) is 3.08. The van der Waals surface area contributed by atoms with Crippen LogP contribution in [-0.4, -0.2) is 40.9 Å². The van der Waals surface area contributed by atoms with Gasteiger partial charge in [-0.05, 0) is 41.8 Å². The summed E-state index contributed by atoms with van der Waals surface area (Å²) in [5, 5.41) is 20.8. The standard InChI is InChI=1S/C35H40N2O4/c1-24(33(39)28-11-7-4-8-12-28)37(2)22-31-32(27-9-5-3-6-10-27)34(29-17-15-26(23-38)16-18-29)41-35(40-31)30-19-13-25(21-36)14-20-30/h3-20,24,31-35,38-39H,21-23,36H2,1-2H3. The molecule has 4 aromatic rings. The zero-order valence-corrected chi connectivity index (χ0v) is 23.7. The summed E-state index contributed by atoms with van der Waals surface area (Å²) >= 11 is 0. The Bertz CT molecular complexity index is 1350. The van der Waals surface area contributed by atoms with Crippen LogP contribution >= 0.6 is 0 Å². The van der Waals surface area contributed by atoms with E-state index in [2.05, 4.69) is 17.0 Å². The molecule has 4 aromatic carbocycles. The molecule has 6 nitrogen and oxygen atoms in total. The molecule has 0 bridgehead atoms. The summed E-state index contributed by atoms with van der Waals surface area (Å²) in [6, 6.07) is 36.0. The Hall–Kier alpha value is -3.36. The van der Waals surface area contributed by atoms with Gasteiger partial charge < -0.3 is 25.4 Å². The molecule has 1 saturated heterocycles. The normalized spacial score (nSPS) is 22.4. The van der Waals surface area contributed by atoms with E-state index in [4.69, 9.17) is 15.2 Å². The molecule has 6 heteroatoms. The van der Waals surface area contributed by atoms with Crippen LogP contribution in [0.4, 0.5) is 0 Å². The lowest BCUT2D eigenvalue weighted by atomic mass is 9.83. The predicted octanol–water partition coefficient (Wildman–Crippen LogP) is 5.63. The summed E-state index contributed by atoms with van der Waals surface area (Å²) in [5.41, 5.74) is 11.7. The molecule has 0 aliphatic carbocycles. The molecule has 0 amide bonds. The first-order valence-corrected chi connectivity index (χ1v) is 14.3. The van der Waals surface area contributed by atoms with Gasteiger partial charge in [0.05, 0.1) is 24.9 Å². The summed E-state index contributed by atoms with van der Waals surface area (Å²) < 4.78 is 13.6. The number of aliphatic hydroxyl groups is 2. The van der Waals surface area contributed by atoms with Gasteiger partial charge in [-0.3, -0.25) is 4.90 Å². The van der Waals surface area contributed by atoms with Gasteiger partial charge in [0, 0.05) is 30.6 Å². The van der Waals surface area contributed by atoms with Gasteiger partial charge in [0.2, 0.25) is 0 Å². The van der Waals surface area contributed by atoms with E-state index in [-0.39, 0.29) is 30.8 Å². The van der Waals surface area contributed by atoms with Crippen LogP contribution in [0.25, 0.3) is 0 Å². The van der Waals surface area contributed by atoms with Gasteiger partial charge >= 0.3 is 0 Å². The molecule has 0 saturated carbocycles. The molecule has 0 aromatic heterocycles. The van der Waals surface area contributed by atoms with Crippen molar-refractivity contribution in [2.45, 2.75) is 56.6 Å². The first-order chi connectivity index (χ1) is 20.0. The third-order valence-corrected chi connectivity index (χ3v) is 8.22. The van der Waals surface area contributed by atoms with E-state index in [1.54, 1.807) is 0 Å². The highest BCUT2D eigenvalue weighted by atomic mass is 16.7. The Morgan fingerprint density at radius 2 is 1.34 bits per heavy atom. The second-order valence-electron chi connectivity index (χ2n) is 10.9. The van der Waals surface area contributed by atoms with Gasteiger partial charge in [0.15, 0.2) is 6.29 Å². The third-order valence-electron chi connectivity index (χ3n) is 8.22. The highest BCUT2D eigenvalue weighted by molar-refractivity contribution is 5.32. The van der Waals surface area contributed by atoms with Gasteiger partial charge in [0.25, 0.3) is 0 Å². The average Bonchev–Trinajstić information content (AvgIpc) is 3.04. The summed E-state index contributed by atoms with van der Waals surface area (Å²) in [5.74, 6) is -0.112. The summed E-state index contributed by atoms with van der Waals surface area (Å²) in [4.78, 5) is 2.17. The van der Waals surface area contributed by atoms with Crippen molar-refractivity contribution in [3.63, 3.8) is 0 Å². The van der Waals surface area contributed by atoms with E-state index in [1.807, 2.05) is 111 Å². The largest absolute Gasteiger partial charge is 0.392 e. The maximum atomic E-state index is 11.2. The minimum absolute atomic E-state index is 0.0117. The van der Waals surface area contributed by atoms with Gasteiger partial charge in [-0.15, -0.1) is 0 Å². The number of rotatable bonds is 10. The lowest BCUT2D eigenvalue weighted by Gasteiger charge is -2.45. The Morgan fingerprint density at radius 3 is 1.95 bits per heavy atom. The van der Waals surface area contributed by atoms with Crippen LogP contribution in [0.5, 0.6) is 0 Å². The fourth-order valence-electron chi connectivity index (χ4n) is 5.60. The number of hydrogen-bond donors (Lipinski definition) is 3. The zero-order chi connectivity index (χ0) is 28.8. The van der Waals surface area contributed by atoms with Gasteiger partial charge in [-0.2, -0.15) is 0 Å². The quantitative estimate of drug-likeness (QED) is 0.236. The lowest BCUT2D eigenvalue weighted by molar-refractivity contribution is -0.264. The van der Waals surface area contributed by atoms with Crippen LogP contribution in [0.3, 0.4) is 0 Å². The topological polar surface area (TPSA) is 88.2 Å². The van der Waals surface area contributed by atoms with Crippen molar-refractivity contribution in [1.29, 1.82) is 0 Å². The number of likely N-dealkylation sites (N-methyl/N-ethyl adjacent to an activating group) is 1. The number of nitrogens with zero attached hydrogens (tertiary/aromatic N) is 1. The predicted molar refractivity (Wildman–Crippen MR) is 161 cm³/mol. The highest BCUT2D eigenvalue weighted by Crippen LogP contribution is 2.47.